The van der Waals surface area contributed by atoms with E-state index in [1.165, 1.54) is 0 Å². The highest BCUT2D eigenvalue weighted by atomic mass is 28.1. The smallest absolute Gasteiger partial charge is 0.0562 e. The molecule has 23 heavy (non-hydrogen) atoms. The van der Waals surface area contributed by atoms with Crippen molar-refractivity contribution in [3.63, 3.8) is 0 Å². The van der Waals surface area contributed by atoms with Crippen LogP contribution in [-0.4, -0.2) is 43.0 Å². The lowest BCUT2D eigenvalue weighted by Crippen LogP contribution is -2.04. The molecule has 0 bridgehead atoms. The van der Waals surface area contributed by atoms with Crippen LogP contribution < -0.4 is 0 Å². The van der Waals surface area contributed by atoms with Crippen LogP contribution in [0.1, 0.15) is 80.1 Å². The fourth-order valence-electron chi connectivity index (χ4n) is 1.53. The molecule has 1 atom stereocenters. The summed E-state index contributed by atoms with van der Waals surface area (Å²) < 4.78 is 0. The quantitative estimate of drug-likeness (QED) is 0.280. The molecule has 0 saturated heterocycles. The van der Waals surface area contributed by atoms with Crippen molar-refractivity contribution in [3.8, 4) is 0 Å². The lowest BCUT2D eigenvalue weighted by molar-refractivity contribution is 0.316. The summed E-state index contributed by atoms with van der Waals surface area (Å²) in [5.41, 5.74) is 3.10. The zero-order valence-electron chi connectivity index (χ0n) is 16.0. The van der Waals surface area contributed by atoms with Crippen LogP contribution in [0.15, 0.2) is 15.5 Å². The van der Waals surface area contributed by atoms with E-state index in [2.05, 4.69) is 43.2 Å². The summed E-state index contributed by atoms with van der Waals surface area (Å²) in [6, 6.07) is 0. The van der Waals surface area contributed by atoms with Crippen molar-refractivity contribution < 1.29 is 15.6 Å². The standard InChI is InChI=1S/C6H15NOSi.2C5H11NO/c1-3-4-6(7-8)5(2)9;2*1-3-4-5(2)6-7/h5,8H,3-4H2,1-2,9H3;2*7H,3-4H2,1-2H3. The van der Waals surface area contributed by atoms with Crippen LogP contribution in [0, 0.1) is 0 Å². The van der Waals surface area contributed by atoms with E-state index in [1.54, 1.807) is 0 Å². The molecule has 0 fully saturated rings. The van der Waals surface area contributed by atoms with Gasteiger partial charge in [-0.05, 0) is 38.7 Å². The van der Waals surface area contributed by atoms with Gasteiger partial charge >= 0.3 is 0 Å². The van der Waals surface area contributed by atoms with Gasteiger partial charge in [0.2, 0.25) is 0 Å². The fraction of sp³-hybridized carbons (Fsp3) is 0.812. The molecule has 0 heterocycles. The maximum absolute atomic E-state index is 8.44. The summed E-state index contributed by atoms with van der Waals surface area (Å²) in [5, 5.41) is 33.8. The van der Waals surface area contributed by atoms with Crippen molar-refractivity contribution in [1.29, 1.82) is 0 Å². The van der Waals surface area contributed by atoms with Gasteiger partial charge in [0.05, 0.1) is 17.1 Å². The van der Waals surface area contributed by atoms with Crippen molar-refractivity contribution in [2.45, 2.75) is 85.6 Å². The third kappa shape index (κ3) is 23.0. The van der Waals surface area contributed by atoms with Crippen molar-refractivity contribution >= 4 is 27.4 Å². The maximum Gasteiger partial charge on any atom is 0.0562 e. The molecular formula is C16H37N3O3Si. The topological polar surface area (TPSA) is 97.8 Å². The van der Waals surface area contributed by atoms with Crippen LogP contribution in [0.2, 0.25) is 5.54 Å². The molecule has 6 nitrogen and oxygen atoms in total. The molecule has 7 heteroatoms. The normalized spacial score (nSPS) is 13.6. The Labute approximate surface area is 144 Å². The average molecular weight is 348 g/mol. The van der Waals surface area contributed by atoms with E-state index in [0.717, 1.165) is 65.9 Å². The van der Waals surface area contributed by atoms with E-state index in [0.29, 0.717) is 5.54 Å². The van der Waals surface area contributed by atoms with Gasteiger partial charge in [0.1, 0.15) is 0 Å². The summed E-state index contributed by atoms with van der Waals surface area (Å²) >= 11 is 0. The molecule has 0 aliphatic carbocycles. The average Bonchev–Trinajstić information content (AvgIpc) is 2.53. The Kier molecular flexibility index (Phi) is 23.8. The molecular weight excluding hydrogens is 310 g/mol. The summed E-state index contributed by atoms with van der Waals surface area (Å²) in [5.74, 6) is 0. The summed E-state index contributed by atoms with van der Waals surface area (Å²) in [6.07, 6.45) is 5.92. The minimum Gasteiger partial charge on any atom is -0.411 e. The number of oxime groups is 3. The van der Waals surface area contributed by atoms with E-state index >= 15 is 0 Å². The van der Waals surface area contributed by atoms with Gasteiger partial charge in [-0.3, -0.25) is 0 Å². The molecule has 138 valence electrons. The van der Waals surface area contributed by atoms with Gasteiger partial charge in [-0.25, -0.2) is 0 Å². The fourth-order valence-corrected chi connectivity index (χ4v) is 1.94. The Balaban J connectivity index is -0.000000264. The second-order valence-corrected chi connectivity index (χ2v) is 7.40. The largest absolute Gasteiger partial charge is 0.411 e. The van der Waals surface area contributed by atoms with Crippen LogP contribution in [0.4, 0.5) is 0 Å². The Bertz CT molecular complexity index is 323. The van der Waals surface area contributed by atoms with Crippen LogP contribution >= 0.6 is 0 Å². The Hall–Kier alpha value is -1.37. The predicted molar refractivity (Wildman–Crippen MR) is 103 cm³/mol. The lowest BCUT2D eigenvalue weighted by atomic mass is 10.2. The highest BCUT2D eigenvalue weighted by Gasteiger charge is 2.02. The Morgan fingerprint density at radius 3 is 1.22 bits per heavy atom. The van der Waals surface area contributed by atoms with Gasteiger partial charge in [0.15, 0.2) is 0 Å². The van der Waals surface area contributed by atoms with E-state index in [1.807, 2.05) is 13.8 Å². The van der Waals surface area contributed by atoms with Crippen molar-refractivity contribution in [2.75, 3.05) is 0 Å². The van der Waals surface area contributed by atoms with E-state index in [-0.39, 0.29) is 0 Å². The predicted octanol–water partition coefficient (Wildman–Crippen LogP) is 4.06. The van der Waals surface area contributed by atoms with Crippen LogP contribution in [-0.2, 0) is 0 Å². The summed E-state index contributed by atoms with van der Waals surface area (Å²) in [7, 11) is 1.09. The first-order valence-electron chi connectivity index (χ1n) is 8.40. The highest BCUT2D eigenvalue weighted by molar-refractivity contribution is 6.24. The van der Waals surface area contributed by atoms with Gasteiger partial charge in [0.25, 0.3) is 0 Å². The molecule has 0 saturated carbocycles. The van der Waals surface area contributed by atoms with Crippen LogP contribution in [0.3, 0.4) is 0 Å². The number of hydrogen-bond donors (Lipinski definition) is 3. The molecule has 0 aliphatic rings. The molecule has 0 rings (SSSR count). The van der Waals surface area contributed by atoms with Crippen LogP contribution in [0.25, 0.3) is 0 Å². The van der Waals surface area contributed by atoms with Crippen molar-refractivity contribution in [3.05, 3.63) is 0 Å². The third-order valence-electron chi connectivity index (χ3n) is 2.87. The summed E-state index contributed by atoms with van der Waals surface area (Å²) in [4.78, 5) is 0. The number of hydrogen-bond acceptors (Lipinski definition) is 6. The van der Waals surface area contributed by atoms with Crippen molar-refractivity contribution in [2.24, 2.45) is 15.5 Å². The summed E-state index contributed by atoms with van der Waals surface area (Å²) in [6.45, 7) is 11.9. The number of rotatable bonds is 7. The third-order valence-corrected chi connectivity index (χ3v) is 3.53. The highest BCUT2D eigenvalue weighted by Crippen LogP contribution is 2.05. The molecule has 0 spiro atoms. The molecule has 0 aromatic carbocycles. The minimum absolute atomic E-state index is 0.523. The monoisotopic (exact) mass is 347 g/mol. The first kappa shape index (κ1) is 26.5. The number of nitrogens with zero attached hydrogens (tertiary/aromatic N) is 3. The van der Waals surface area contributed by atoms with Crippen molar-refractivity contribution in [1.82, 2.24) is 0 Å². The Morgan fingerprint density at radius 1 is 0.783 bits per heavy atom. The molecule has 3 N–H and O–H groups in total. The first-order chi connectivity index (χ1) is 10.8. The maximum atomic E-state index is 8.44. The van der Waals surface area contributed by atoms with Gasteiger partial charge < -0.3 is 15.6 Å². The van der Waals surface area contributed by atoms with Crippen LogP contribution in [0.5, 0.6) is 0 Å². The molecule has 0 amide bonds. The lowest BCUT2D eigenvalue weighted by Gasteiger charge is -2.04. The Morgan fingerprint density at radius 2 is 1.13 bits per heavy atom. The SMILES string of the molecule is CCCC(=NO)C(C)[SiH3].CCCC(C)=NO.CCCC(C)=NO. The molecule has 0 aliphatic heterocycles. The van der Waals surface area contributed by atoms with Gasteiger partial charge in [-0.2, -0.15) is 0 Å². The zero-order chi connectivity index (χ0) is 18.7. The van der Waals surface area contributed by atoms with E-state index in [9.17, 15) is 0 Å². The molecule has 0 aromatic rings. The minimum atomic E-state index is 0.523. The van der Waals surface area contributed by atoms with E-state index in [4.69, 9.17) is 15.6 Å². The molecule has 1 unspecified atom stereocenters. The molecule has 0 radical (unpaired) electrons. The zero-order valence-corrected chi connectivity index (χ0v) is 18.0. The van der Waals surface area contributed by atoms with Gasteiger partial charge in [-0.1, -0.05) is 62.4 Å². The second-order valence-electron chi connectivity index (χ2n) is 5.67. The first-order valence-corrected chi connectivity index (χ1v) is 9.55. The van der Waals surface area contributed by atoms with Gasteiger partial charge in [-0.15, -0.1) is 0 Å². The van der Waals surface area contributed by atoms with Gasteiger partial charge in [0, 0.05) is 10.2 Å². The van der Waals surface area contributed by atoms with E-state index < -0.39 is 0 Å². The second kappa shape index (κ2) is 20.6. The molecule has 0 aromatic heterocycles.